The van der Waals surface area contributed by atoms with Gasteiger partial charge in [-0.25, -0.2) is 10.8 Å². The summed E-state index contributed by atoms with van der Waals surface area (Å²) in [6, 6.07) is 5.82. The summed E-state index contributed by atoms with van der Waals surface area (Å²) < 4.78 is 4.31. The SMILES string of the molecule is Cc1cc(-c2ccnc(NN)c2)ns1. The van der Waals surface area contributed by atoms with Crippen LogP contribution in [0.5, 0.6) is 0 Å². The number of pyridine rings is 1. The van der Waals surface area contributed by atoms with E-state index in [1.54, 1.807) is 6.20 Å². The molecule has 0 unspecified atom stereocenters. The van der Waals surface area contributed by atoms with Crippen molar-refractivity contribution in [3.8, 4) is 11.3 Å². The third-order valence-electron chi connectivity index (χ3n) is 1.83. The summed E-state index contributed by atoms with van der Waals surface area (Å²) in [7, 11) is 0. The van der Waals surface area contributed by atoms with Crippen LogP contribution in [0.15, 0.2) is 24.4 Å². The van der Waals surface area contributed by atoms with E-state index in [1.165, 1.54) is 16.4 Å². The molecule has 5 heteroatoms. The topological polar surface area (TPSA) is 63.8 Å². The lowest BCUT2D eigenvalue weighted by Gasteiger charge is -2.00. The molecular weight excluding hydrogens is 196 g/mol. The summed E-state index contributed by atoms with van der Waals surface area (Å²) in [5.41, 5.74) is 4.50. The first-order chi connectivity index (χ1) is 6.79. The minimum Gasteiger partial charge on any atom is -0.308 e. The maximum absolute atomic E-state index is 5.27. The third kappa shape index (κ3) is 1.73. The molecule has 0 spiro atoms. The van der Waals surface area contributed by atoms with Crippen LogP contribution in [0.1, 0.15) is 4.88 Å². The average molecular weight is 206 g/mol. The van der Waals surface area contributed by atoms with E-state index in [0.29, 0.717) is 5.82 Å². The van der Waals surface area contributed by atoms with E-state index in [1.807, 2.05) is 25.1 Å². The highest BCUT2D eigenvalue weighted by atomic mass is 32.1. The molecule has 2 aromatic rings. The van der Waals surface area contributed by atoms with Crippen molar-refractivity contribution in [2.24, 2.45) is 5.84 Å². The fourth-order valence-corrected chi connectivity index (χ4v) is 1.74. The summed E-state index contributed by atoms with van der Waals surface area (Å²) >= 11 is 1.49. The van der Waals surface area contributed by atoms with Crippen molar-refractivity contribution in [3.63, 3.8) is 0 Å². The standard InChI is InChI=1S/C9H10N4S/c1-6-4-8(13-14-6)7-2-3-11-9(5-7)12-10/h2-5H,10H2,1H3,(H,11,12). The lowest BCUT2D eigenvalue weighted by atomic mass is 10.2. The number of nitrogens with two attached hydrogens (primary N) is 1. The molecule has 0 aliphatic rings. The Balaban J connectivity index is 2.41. The van der Waals surface area contributed by atoms with Gasteiger partial charge in [-0.3, -0.25) is 0 Å². The second kappa shape index (κ2) is 3.73. The maximum atomic E-state index is 5.27. The Labute approximate surface area is 85.9 Å². The molecule has 3 N–H and O–H groups in total. The second-order valence-corrected chi connectivity index (χ2v) is 3.91. The monoisotopic (exact) mass is 206 g/mol. The van der Waals surface area contributed by atoms with Crippen LogP contribution < -0.4 is 11.3 Å². The molecule has 2 heterocycles. The molecule has 0 aliphatic carbocycles. The van der Waals surface area contributed by atoms with E-state index >= 15 is 0 Å². The molecular formula is C9H10N4S. The van der Waals surface area contributed by atoms with E-state index in [4.69, 9.17) is 5.84 Å². The number of aromatic nitrogens is 2. The van der Waals surface area contributed by atoms with E-state index in [0.717, 1.165) is 11.3 Å². The van der Waals surface area contributed by atoms with E-state index in [2.05, 4.69) is 14.8 Å². The van der Waals surface area contributed by atoms with Gasteiger partial charge in [0.1, 0.15) is 5.82 Å². The Bertz CT molecular complexity index is 438. The molecule has 72 valence electrons. The van der Waals surface area contributed by atoms with Crippen molar-refractivity contribution in [2.45, 2.75) is 6.92 Å². The fourth-order valence-electron chi connectivity index (χ4n) is 1.17. The molecule has 0 aliphatic heterocycles. The number of aryl methyl sites for hydroxylation is 1. The predicted molar refractivity (Wildman–Crippen MR) is 57.9 cm³/mol. The van der Waals surface area contributed by atoms with Gasteiger partial charge in [-0.05, 0) is 36.7 Å². The molecule has 0 saturated carbocycles. The molecule has 14 heavy (non-hydrogen) atoms. The smallest absolute Gasteiger partial charge is 0.140 e. The van der Waals surface area contributed by atoms with Crippen LogP contribution in [0.25, 0.3) is 11.3 Å². The zero-order chi connectivity index (χ0) is 9.97. The van der Waals surface area contributed by atoms with Gasteiger partial charge in [0.2, 0.25) is 0 Å². The number of nitrogens with zero attached hydrogens (tertiary/aromatic N) is 2. The van der Waals surface area contributed by atoms with Gasteiger partial charge in [-0.15, -0.1) is 0 Å². The van der Waals surface area contributed by atoms with Gasteiger partial charge >= 0.3 is 0 Å². The number of anilines is 1. The van der Waals surface area contributed by atoms with Gasteiger partial charge in [0, 0.05) is 16.6 Å². The van der Waals surface area contributed by atoms with Crippen molar-refractivity contribution in [2.75, 3.05) is 5.43 Å². The first-order valence-corrected chi connectivity index (χ1v) is 4.93. The van der Waals surface area contributed by atoms with Crippen LogP contribution in [0.4, 0.5) is 5.82 Å². The normalized spacial score (nSPS) is 10.1. The van der Waals surface area contributed by atoms with Crippen molar-refractivity contribution in [1.29, 1.82) is 0 Å². The number of hydrazine groups is 1. The lowest BCUT2D eigenvalue weighted by molar-refractivity contribution is 1.23. The molecule has 0 amide bonds. The van der Waals surface area contributed by atoms with Gasteiger partial charge in [0.15, 0.2) is 0 Å². The molecule has 0 fully saturated rings. The van der Waals surface area contributed by atoms with Gasteiger partial charge in [-0.1, -0.05) is 0 Å². The lowest BCUT2D eigenvalue weighted by Crippen LogP contribution is -2.08. The van der Waals surface area contributed by atoms with Crippen molar-refractivity contribution < 1.29 is 0 Å². The van der Waals surface area contributed by atoms with Crippen LogP contribution in [-0.4, -0.2) is 9.36 Å². The fraction of sp³-hybridized carbons (Fsp3) is 0.111. The van der Waals surface area contributed by atoms with Crippen molar-refractivity contribution in [1.82, 2.24) is 9.36 Å². The van der Waals surface area contributed by atoms with Crippen molar-refractivity contribution >= 4 is 17.4 Å². The summed E-state index contributed by atoms with van der Waals surface area (Å²) in [4.78, 5) is 5.22. The molecule has 0 saturated heterocycles. The minimum atomic E-state index is 0.646. The largest absolute Gasteiger partial charge is 0.308 e. The quantitative estimate of drug-likeness (QED) is 0.581. The number of nitrogen functional groups attached to an aromatic ring is 1. The number of nitrogens with one attached hydrogen (secondary N) is 1. The first-order valence-electron chi connectivity index (χ1n) is 4.16. The molecule has 0 aromatic carbocycles. The van der Waals surface area contributed by atoms with Crippen LogP contribution in [0.2, 0.25) is 0 Å². The third-order valence-corrected chi connectivity index (χ3v) is 2.53. The summed E-state index contributed by atoms with van der Waals surface area (Å²) in [5.74, 6) is 5.92. The second-order valence-electron chi connectivity index (χ2n) is 2.90. The Morgan fingerprint density at radius 3 is 2.93 bits per heavy atom. The van der Waals surface area contributed by atoms with Crippen LogP contribution in [0, 0.1) is 6.92 Å². The van der Waals surface area contributed by atoms with Gasteiger partial charge in [0.05, 0.1) is 5.69 Å². The first kappa shape index (κ1) is 9.11. The molecule has 0 atom stereocenters. The molecule has 0 bridgehead atoms. The molecule has 2 aromatic heterocycles. The highest BCUT2D eigenvalue weighted by Gasteiger charge is 2.02. The highest BCUT2D eigenvalue weighted by molar-refractivity contribution is 7.05. The summed E-state index contributed by atoms with van der Waals surface area (Å²) in [5, 5.41) is 0. The number of rotatable bonds is 2. The highest BCUT2D eigenvalue weighted by Crippen LogP contribution is 2.22. The van der Waals surface area contributed by atoms with E-state index < -0.39 is 0 Å². The van der Waals surface area contributed by atoms with Gasteiger partial charge in [0.25, 0.3) is 0 Å². The Kier molecular flexibility index (Phi) is 2.43. The average Bonchev–Trinajstić information content (AvgIpc) is 2.65. The Hall–Kier alpha value is -1.46. The zero-order valence-electron chi connectivity index (χ0n) is 7.69. The summed E-state index contributed by atoms with van der Waals surface area (Å²) in [6.45, 7) is 2.03. The Morgan fingerprint density at radius 1 is 1.43 bits per heavy atom. The minimum absolute atomic E-state index is 0.646. The van der Waals surface area contributed by atoms with E-state index in [-0.39, 0.29) is 0 Å². The van der Waals surface area contributed by atoms with Crippen LogP contribution >= 0.6 is 11.5 Å². The number of hydrogen-bond acceptors (Lipinski definition) is 5. The van der Waals surface area contributed by atoms with Crippen LogP contribution in [-0.2, 0) is 0 Å². The van der Waals surface area contributed by atoms with Gasteiger partial charge < -0.3 is 5.43 Å². The predicted octanol–water partition coefficient (Wildman–Crippen LogP) is 1.80. The molecule has 0 radical (unpaired) electrons. The zero-order valence-corrected chi connectivity index (χ0v) is 8.51. The van der Waals surface area contributed by atoms with Crippen LogP contribution in [0.3, 0.4) is 0 Å². The van der Waals surface area contributed by atoms with Crippen molar-refractivity contribution in [3.05, 3.63) is 29.3 Å². The molecule has 2 rings (SSSR count). The van der Waals surface area contributed by atoms with E-state index in [9.17, 15) is 0 Å². The summed E-state index contributed by atoms with van der Waals surface area (Å²) in [6.07, 6.45) is 1.71. The maximum Gasteiger partial charge on any atom is 0.140 e. The number of hydrogen-bond donors (Lipinski definition) is 2. The Morgan fingerprint density at radius 2 is 2.29 bits per heavy atom. The molecule has 4 nitrogen and oxygen atoms in total. The van der Waals surface area contributed by atoms with Gasteiger partial charge in [-0.2, -0.15) is 4.37 Å².